The normalized spacial score (nSPS) is 14.5. The maximum absolute atomic E-state index is 12.3. The molecule has 7 nitrogen and oxygen atoms in total. The summed E-state index contributed by atoms with van der Waals surface area (Å²) < 4.78 is 27.3. The SMILES string of the molecule is COc1ccc(C2=NC(=Cc3ccc(OC)c(OC)c3OC)C(=O)O2)cc1Br. The van der Waals surface area contributed by atoms with Gasteiger partial charge in [0.15, 0.2) is 17.2 Å². The van der Waals surface area contributed by atoms with E-state index in [1.165, 1.54) is 21.3 Å². The first-order valence-corrected chi connectivity index (χ1v) is 8.97. The van der Waals surface area contributed by atoms with Gasteiger partial charge in [-0.2, -0.15) is 0 Å². The summed E-state index contributed by atoms with van der Waals surface area (Å²) in [4.78, 5) is 16.6. The number of cyclic esters (lactones) is 1. The minimum absolute atomic E-state index is 0.146. The van der Waals surface area contributed by atoms with Crippen molar-refractivity contribution in [2.75, 3.05) is 28.4 Å². The molecule has 1 aliphatic rings. The molecule has 1 heterocycles. The summed E-state index contributed by atoms with van der Waals surface area (Å²) in [7, 11) is 6.13. The van der Waals surface area contributed by atoms with Crippen molar-refractivity contribution in [1.29, 1.82) is 0 Å². The quantitative estimate of drug-likeness (QED) is 0.494. The zero-order valence-electron chi connectivity index (χ0n) is 15.7. The molecule has 8 heteroatoms. The Labute approximate surface area is 170 Å². The third kappa shape index (κ3) is 3.68. The van der Waals surface area contributed by atoms with Crippen molar-refractivity contribution in [2.45, 2.75) is 0 Å². The minimum Gasteiger partial charge on any atom is -0.496 e. The van der Waals surface area contributed by atoms with Crippen LogP contribution in [0.15, 0.2) is 45.5 Å². The maximum Gasteiger partial charge on any atom is 0.363 e. The average molecular weight is 448 g/mol. The molecule has 2 aromatic carbocycles. The van der Waals surface area contributed by atoms with E-state index in [9.17, 15) is 4.79 Å². The standard InChI is InChI=1S/C20H18BrNO6/c1-24-15-7-6-12(9-13(15)21)19-22-14(20(23)28-19)10-11-5-8-16(25-2)18(27-4)17(11)26-3/h5-10H,1-4H3. The van der Waals surface area contributed by atoms with Crippen molar-refractivity contribution in [3.05, 3.63) is 51.6 Å². The summed E-state index contributed by atoms with van der Waals surface area (Å²) in [5.41, 5.74) is 1.39. The van der Waals surface area contributed by atoms with Crippen LogP contribution in [0.4, 0.5) is 0 Å². The molecule has 0 atom stereocenters. The van der Waals surface area contributed by atoms with Crippen molar-refractivity contribution in [3.8, 4) is 23.0 Å². The van der Waals surface area contributed by atoms with Crippen LogP contribution in [0.3, 0.4) is 0 Å². The van der Waals surface area contributed by atoms with Crippen LogP contribution in [0.1, 0.15) is 11.1 Å². The van der Waals surface area contributed by atoms with E-state index in [0.717, 1.165) is 4.47 Å². The number of esters is 1. The van der Waals surface area contributed by atoms with Crippen LogP contribution in [0.2, 0.25) is 0 Å². The maximum atomic E-state index is 12.3. The molecular weight excluding hydrogens is 430 g/mol. The fourth-order valence-electron chi connectivity index (χ4n) is 2.72. The number of halogens is 1. The molecule has 0 spiro atoms. The summed E-state index contributed by atoms with van der Waals surface area (Å²) >= 11 is 3.41. The van der Waals surface area contributed by atoms with Crippen molar-refractivity contribution >= 4 is 33.9 Å². The highest BCUT2D eigenvalue weighted by atomic mass is 79.9. The largest absolute Gasteiger partial charge is 0.496 e. The number of carbonyl (C=O) groups is 1. The molecule has 2 aromatic rings. The second kappa shape index (κ2) is 8.35. The summed E-state index contributed by atoms with van der Waals surface area (Å²) in [5, 5.41) is 0. The summed E-state index contributed by atoms with van der Waals surface area (Å²) in [6.45, 7) is 0. The molecule has 0 N–H and O–H groups in total. The topological polar surface area (TPSA) is 75.6 Å². The summed E-state index contributed by atoms with van der Waals surface area (Å²) in [6, 6.07) is 8.76. The number of ether oxygens (including phenoxy) is 5. The lowest BCUT2D eigenvalue weighted by atomic mass is 10.1. The highest BCUT2D eigenvalue weighted by Gasteiger charge is 2.26. The highest BCUT2D eigenvalue weighted by molar-refractivity contribution is 9.10. The molecule has 0 aromatic heterocycles. The zero-order chi connectivity index (χ0) is 20.3. The Bertz CT molecular complexity index is 983. The predicted molar refractivity (Wildman–Crippen MR) is 107 cm³/mol. The lowest BCUT2D eigenvalue weighted by Gasteiger charge is -2.14. The number of methoxy groups -OCH3 is 4. The molecule has 0 radical (unpaired) electrons. The monoisotopic (exact) mass is 447 g/mol. The average Bonchev–Trinajstić information content (AvgIpc) is 3.07. The third-order valence-corrected chi connectivity index (χ3v) is 4.67. The molecule has 28 heavy (non-hydrogen) atoms. The van der Waals surface area contributed by atoms with Gasteiger partial charge in [-0.1, -0.05) is 0 Å². The van der Waals surface area contributed by atoms with Gasteiger partial charge in [-0.25, -0.2) is 9.79 Å². The highest BCUT2D eigenvalue weighted by Crippen LogP contribution is 2.41. The smallest absolute Gasteiger partial charge is 0.363 e. The number of hydrogen-bond acceptors (Lipinski definition) is 7. The van der Waals surface area contributed by atoms with Gasteiger partial charge in [0.25, 0.3) is 0 Å². The Morgan fingerprint density at radius 2 is 1.61 bits per heavy atom. The van der Waals surface area contributed by atoms with E-state index in [-0.39, 0.29) is 11.6 Å². The van der Waals surface area contributed by atoms with E-state index in [0.29, 0.717) is 34.1 Å². The van der Waals surface area contributed by atoms with E-state index in [1.807, 2.05) is 0 Å². The molecular formula is C20H18BrNO6. The Morgan fingerprint density at radius 3 is 2.21 bits per heavy atom. The van der Waals surface area contributed by atoms with Gasteiger partial charge in [0.05, 0.1) is 32.9 Å². The Kier molecular flexibility index (Phi) is 5.89. The summed E-state index contributed by atoms with van der Waals surface area (Å²) in [5.74, 6) is 1.69. The lowest BCUT2D eigenvalue weighted by molar-refractivity contribution is -0.129. The van der Waals surface area contributed by atoms with E-state index in [2.05, 4.69) is 20.9 Å². The second-order valence-electron chi connectivity index (χ2n) is 5.61. The van der Waals surface area contributed by atoms with Crippen LogP contribution >= 0.6 is 15.9 Å². The van der Waals surface area contributed by atoms with E-state index >= 15 is 0 Å². The first-order chi connectivity index (χ1) is 13.5. The number of nitrogens with zero attached hydrogens (tertiary/aromatic N) is 1. The van der Waals surface area contributed by atoms with Crippen LogP contribution in [0.25, 0.3) is 6.08 Å². The van der Waals surface area contributed by atoms with Gasteiger partial charge in [-0.05, 0) is 52.3 Å². The minimum atomic E-state index is -0.557. The second-order valence-corrected chi connectivity index (χ2v) is 6.46. The molecule has 0 bridgehead atoms. The van der Waals surface area contributed by atoms with Crippen molar-refractivity contribution < 1.29 is 28.5 Å². The number of hydrogen-bond donors (Lipinski definition) is 0. The van der Waals surface area contributed by atoms with E-state index in [1.54, 1.807) is 43.5 Å². The number of benzene rings is 2. The van der Waals surface area contributed by atoms with Gasteiger partial charge in [0, 0.05) is 11.1 Å². The van der Waals surface area contributed by atoms with Crippen LogP contribution in [-0.4, -0.2) is 40.3 Å². The number of carbonyl (C=O) groups excluding carboxylic acids is 1. The van der Waals surface area contributed by atoms with Crippen molar-refractivity contribution in [3.63, 3.8) is 0 Å². The molecule has 0 fully saturated rings. The predicted octanol–water partition coefficient (Wildman–Crippen LogP) is 3.83. The van der Waals surface area contributed by atoms with Crippen LogP contribution in [0, 0.1) is 0 Å². The number of rotatable bonds is 6. The van der Waals surface area contributed by atoms with Crippen LogP contribution in [0.5, 0.6) is 23.0 Å². The Balaban J connectivity index is 2.01. The Morgan fingerprint density at radius 1 is 0.929 bits per heavy atom. The molecule has 146 valence electrons. The van der Waals surface area contributed by atoms with Crippen molar-refractivity contribution in [2.24, 2.45) is 4.99 Å². The third-order valence-electron chi connectivity index (χ3n) is 4.05. The molecule has 1 aliphatic heterocycles. The van der Waals surface area contributed by atoms with Gasteiger partial charge < -0.3 is 23.7 Å². The van der Waals surface area contributed by atoms with Crippen molar-refractivity contribution in [1.82, 2.24) is 0 Å². The molecule has 0 saturated heterocycles. The zero-order valence-corrected chi connectivity index (χ0v) is 17.3. The fraction of sp³-hybridized carbons (Fsp3) is 0.200. The van der Waals surface area contributed by atoms with Gasteiger partial charge in [-0.3, -0.25) is 0 Å². The van der Waals surface area contributed by atoms with Gasteiger partial charge in [0.2, 0.25) is 11.6 Å². The Hall–Kier alpha value is -3.00. The lowest BCUT2D eigenvalue weighted by Crippen LogP contribution is -2.05. The van der Waals surface area contributed by atoms with Gasteiger partial charge in [-0.15, -0.1) is 0 Å². The van der Waals surface area contributed by atoms with Crippen LogP contribution < -0.4 is 18.9 Å². The first kappa shape index (κ1) is 19.8. The molecule has 3 rings (SSSR count). The van der Waals surface area contributed by atoms with Gasteiger partial charge in [0.1, 0.15) is 5.75 Å². The van der Waals surface area contributed by atoms with E-state index < -0.39 is 5.97 Å². The van der Waals surface area contributed by atoms with Gasteiger partial charge >= 0.3 is 5.97 Å². The first-order valence-electron chi connectivity index (χ1n) is 8.17. The molecule has 0 amide bonds. The number of aliphatic imine (C=N–C) groups is 1. The molecule has 0 saturated carbocycles. The molecule has 0 unspecified atom stereocenters. The summed E-state index contributed by atoms with van der Waals surface area (Å²) in [6.07, 6.45) is 1.58. The van der Waals surface area contributed by atoms with E-state index in [4.69, 9.17) is 23.7 Å². The fourth-order valence-corrected chi connectivity index (χ4v) is 3.26. The van der Waals surface area contributed by atoms with Crippen LogP contribution in [-0.2, 0) is 9.53 Å². The molecule has 0 aliphatic carbocycles.